The molecule has 0 bridgehead atoms. The number of carbonyl (C=O) groups is 1. The molecule has 0 atom stereocenters. The van der Waals surface area contributed by atoms with E-state index in [0.717, 1.165) is 28.0 Å². The molecule has 3 N–H and O–H groups in total. The van der Waals surface area contributed by atoms with Crippen LogP contribution in [0.1, 0.15) is 15.9 Å². The standard InChI is InChI=1S/C20H18N6O2/c1-12-5-13(7-14(6-12)26-11-22-10-24-26)25-17-3-4-23-18-9-19(28-2)16(20(21)27)8-15(17)18/h3-11H,1-2H3,(H2,21,27)(H,23,25). The van der Waals surface area contributed by atoms with E-state index in [9.17, 15) is 4.79 Å². The van der Waals surface area contributed by atoms with Crippen molar-refractivity contribution in [3.63, 3.8) is 0 Å². The second-order valence-corrected chi connectivity index (χ2v) is 6.31. The third kappa shape index (κ3) is 3.23. The van der Waals surface area contributed by atoms with Gasteiger partial charge in [-0.3, -0.25) is 9.78 Å². The maximum Gasteiger partial charge on any atom is 0.252 e. The number of primary amides is 1. The number of methoxy groups -OCH3 is 1. The average Bonchev–Trinajstić information content (AvgIpc) is 3.21. The predicted octanol–water partition coefficient (Wildman–Crippen LogP) is 2.98. The van der Waals surface area contributed by atoms with E-state index >= 15 is 0 Å². The van der Waals surface area contributed by atoms with Crippen molar-refractivity contribution in [2.45, 2.75) is 6.92 Å². The lowest BCUT2D eigenvalue weighted by Gasteiger charge is -2.14. The Morgan fingerprint density at radius 2 is 2.07 bits per heavy atom. The quantitative estimate of drug-likeness (QED) is 0.556. The Bertz CT molecular complexity index is 1170. The van der Waals surface area contributed by atoms with E-state index in [2.05, 4.69) is 20.4 Å². The van der Waals surface area contributed by atoms with Gasteiger partial charge in [0.1, 0.15) is 18.4 Å². The molecule has 4 aromatic rings. The number of carbonyl (C=O) groups excluding carboxylic acids is 1. The number of anilines is 2. The molecule has 8 nitrogen and oxygen atoms in total. The third-order valence-electron chi connectivity index (χ3n) is 4.35. The van der Waals surface area contributed by atoms with Crippen molar-refractivity contribution in [1.82, 2.24) is 19.7 Å². The van der Waals surface area contributed by atoms with E-state index in [0.29, 0.717) is 16.8 Å². The van der Waals surface area contributed by atoms with Crippen LogP contribution in [-0.2, 0) is 0 Å². The molecule has 0 spiro atoms. The molecule has 2 aromatic carbocycles. The van der Waals surface area contributed by atoms with Crippen LogP contribution in [0.15, 0.2) is 55.2 Å². The van der Waals surface area contributed by atoms with Crippen LogP contribution < -0.4 is 15.8 Å². The summed E-state index contributed by atoms with van der Waals surface area (Å²) < 4.78 is 6.96. The van der Waals surface area contributed by atoms with Gasteiger partial charge in [0.15, 0.2) is 0 Å². The second-order valence-electron chi connectivity index (χ2n) is 6.31. The molecular weight excluding hydrogens is 356 g/mol. The Balaban J connectivity index is 1.80. The summed E-state index contributed by atoms with van der Waals surface area (Å²) in [6, 6.07) is 11.2. The Kier molecular flexibility index (Phi) is 4.36. The van der Waals surface area contributed by atoms with Gasteiger partial charge >= 0.3 is 0 Å². The van der Waals surface area contributed by atoms with Crippen LogP contribution in [-0.4, -0.2) is 32.8 Å². The highest BCUT2D eigenvalue weighted by Crippen LogP contribution is 2.31. The summed E-state index contributed by atoms with van der Waals surface area (Å²) in [6.07, 6.45) is 4.83. The fraction of sp³-hybridized carbons (Fsp3) is 0.100. The summed E-state index contributed by atoms with van der Waals surface area (Å²) in [5.74, 6) is -0.161. The topological polar surface area (TPSA) is 108 Å². The van der Waals surface area contributed by atoms with Crippen LogP contribution in [0.2, 0.25) is 0 Å². The normalized spacial score (nSPS) is 10.8. The lowest BCUT2D eigenvalue weighted by Crippen LogP contribution is -2.12. The number of aromatic nitrogens is 4. The Morgan fingerprint density at radius 3 is 2.79 bits per heavy atom. The zero-order chi connectivity index (χ0) is 19.7. The number of nitrogens with zero attached hydrogens (tertiary/aromatic N) is 4. The number of aryl methyl sites for hydroxylation is 1. The Labute approximate surface area is 161 Å². The van der Waals surface area contributed by atoms with Gasteiger partial charge in [-0.05, 0) is 42.8 Å². The lowest BCUT2D eigenvalue weighted by atomic mass is 10.1. The average molecular weight is 374 g/mol. The smallest absolute Gasteiger partial charge is 0.252 e. The number of fused-ring (bicyclic) bond motifs is 1. The molecule has 0 radical (unpaired) electrons. The molecule has 2 heterocycles. The van der Waals surface area contributed by atoms with Crippen molar-refractivity contribution in [2.75, 3.05) is 12.4 Å². The largest absolute Gasteiger partial charge is 0.496 e. The molecule has 0 aliphatic rings. The maximum absolute atomic E-state index is 11.8. The molecule has 0 unspecified atom stereocenters. The minimum absolute atomic E-state index is 0.304. The fourth-order valence-electron chi connectivity index (χ4n) is 3.11. The lowest BCUT2D eigenvalue weighted by molar-refractivity contribution is 0.0997. The fourth-order valence-corrected chi connectivity index (χ4v) is 3.11. The minimum Gasteiger partial charge on any atom is -0.496 e. The van der Waals surface area contributed by atoms with Crippen LogP contribution in [0, 0.1) is 6.92 Å². The van der Waals surface area contributed by atoms with Crippen molar-refractivity contribution < 1.29 is 9.53 Å². The third-order valence-corrected chi connectivity index (χ3v) is 4.35. The van der Waals surface area contributed by atoms with Crippen molar-refractivity contribution in [3.05, 3.63) is 66.4 Å². The molecule has 0 fully saturated rings. The number of rotatable bonds is 5. The predicted molar refractivity (Wildman–Crippen MR) is 106 cm³/mol. The molecular formula is C20H18N6O2. The Morgan fingerprint density at radius 1 is 1.21 bits per heavy atom. The molecule has 140 valence electrons. The summed E-state index contributed by atoms with van der Waals surface area (Å²) in [7, 11) is 1.49. The van der Waals surface area contributed by atoms with Gasteiger partial charge in [-0.15, -0.1) is 0 Å². The monoisotopic (exact) mass is 374 g/mol. The van der Waals surface area contributed by atoms with Crippen LogP contribution in [0.3, 0.4) is 0 Å². The summed E-state index contributed by atoms with van der Waals surface area (Å²) in [4.78, 5) is 20.2. The highest BCUT2D eigenvalue weighted by Gasteiger charge is 2.14. The van der Waals surface area contributed by atoms with Gasteiger partial charge in [0.05, 0.1) is 23.9 Å². The minimum atomic E-state index is -0.558. The van der Waals surface area contributed by atoms with E-state index in [1.807, 2.05) is 31.2 Å². The van der Waals surface area contributed by atoms with Gasteiger partial charge in [0, 0.05) is 29.0 Å². The number of pyridine rings is 1. The number of nitrogens with one attached hydrogen (secondary N) is 1. The summed E-state index contributed by atoms with van der Waals surface area (Å²) in [6.45, 7) is 2.01. The molecule has 2 aromatic heterocycles. The van der Waals surface area contributed by atoms with Crippen molar-refractivity contribution in [2.24, 2.45) is 5.73 Å². The van der Waals surface area contributed by atoms with Gasteiger partial charge in [-0.2, -0.15) is 5.10 Å². The van der Waals surface area contributed by atoms with Crippen LogP contribution in [0.5, 0.6) is 5.75 Å². The van der Waals surface area contributed by atoms with Gasteiger partial charge in [-0.1, -0.05) is 0 Å². The highest BCUT2D eigenvalue weighted by molar-refractivity contribution is 6.03. The molecule has 8 heteroatoms. The first kappa shape index (κ1) is 17.5. The van der Waals surface area contributed by atoms with Crippen LogP contribution in [0.4, 0.5) is 11.4 Å². The number of ether oxygens (including phenoxy) is 1. The SMILES string of the molecule is COc1cc2nccc(Nc3cc(C)cc(-n4cncn4)c3)c2cc1C(N)=O. The highest BCUT2D eigenvalue weighted by atomic mass is 16.5. The molecule has 0 aliphatic heterocycles. The molecule has 28 heavy (non-hydrogen) atoms. The van der Waals surface area contributed by atoms with E-state index in [1.54, 1.807) is 29.3 Å². The zero-order valence-electron chi connectivity index (χ0n) is 15.4. The van der Waals surface area contributed by atoms with Gasteiger partial charge in [0.25, 0.3) is 5.91 Å². The first-order chi connectivity index (χ1) is 13.5. The Hall–Kier alpha value is -3.94. The van der Waals surface area contributed by atoms with Gasteiger partial charge < -0.3 is 15.8 Å². The van der Waals surface area contributed by atoms with E-state index in [1.165, 1.54) is 13.4 Å². The number of amides is 1. The molecule has 0 saturated carbocycles. The van der Waals surface area contributed by atoms with Gasteiger partial charge in [0.2, 0.25) is 0 Å². The zero-order valence-corrected chi connectivity index (χ0v) is 15.4. The maximum atomic E-state index is 11.8. The van der Waals surface area contributed by atoms with Crippen molar-refractivity contribution in [1.29, 1.82) is 0 Å². The van der Waals surface area contributed by atoms with Crippen molar-refractivity contribution >= 4 is 28.2 Å². The van der Waals surface area contributed by atoms with Crippen LogP contribution >= 0.6 is 0 Å². The van der Waals surface area contributed by atoms with Crippen LogP contribution in [0.25, 0.3) is 16.6 Å². The van der Waals surface area contributed by atoms with E-state index in [-0.39, 0.29) is 0 Å². The first-order valence-electron chi connectivity index (χ1n) is 8.55. The summed E-state index contributed by atoms with van der Waals surface area (Å²) >= 11 is 0. The number of hydrogen-bond donors (Lipinski definition) is 2. The first-order valence-corrected chi connectivity index (χ1v) is 8.55. The number of benzene rings is 2. The number of hydrogen-bond acceptors (Lipinski definition) is 6. The van der Waals surface area contributed by atoms with Crippen molar-refractivity contribution in [3.8, 4) is 11.4 Å². The molecule has 0 saturated heterocycles. The summed E-state index contributed by atoms with van der Waals surface area (Å²) in [5, 5.41) is 8.34. The number of nitrogens with two attached hydrogens (primary N) is 1. The van der Waals surface area contributed by atoms with E-state index in [4.69, 9.17) is 10.5 Å². The van der Waals surface area contributed by atoms with Gasteiger partial charge in [-0.25, -0.2) is 9.67 Å². The molecule has 4 rings (SSSR count). The summed E-state index contributed by atoms with van der Waals surface area (Å²) in [5.41, 5.74) is 10.1. The molecule has 0 aliphatic carbocycles. The van der Waals surface area contributed by atoms with E-state index < -0.39 is 5.91 Å². The second kappa shape index (κ2) is 6.99. The molecule has 1 amide bonds.